The topological polar surface area (TPSA) is 65.1 Å². The highest BCUT2D eigenvalue weighted by molar-refractivity contribution is 5.82. The second-order valence-corrected chi connectivity index (χ2v) is 7.79. The van der Waals surface area contributed by atoms with Crippen LogP contribution in [0.5, 0.6) is 0 Å². The largest absolute Gasteiger partial charge is 0.379 e. The van der Waals surface area contributed by atoms with Crippen LogP contribution >= 0.6 is 0 Å². The van der Waals surface area contributed by atoms with Gasteiger partial charge in [0.05, 0.1) is 13.2 Å². The highest BCUT2D eigenvalue weighted by atomic mass is 16.5. The third-order valence-corrected chi connectivity index (χ3v) is 4.50. The number of ether oxygens (including phenoxy) is 1. The standard InChI is InChI=1S/C17H32N4O3/c1-14(13-19-9-11-24-12-10-19)18-16(23)21-7-5-20(6-8-21)15(22)17(2,3)4/h14H,5-13H2,1-4H3,(H,18,23). The Morgan fingerprint density at radius 3 is 2.08 bits per heavy atom. The maximum Gasteiger partial charge on any atom is 0.317 e. The predicted octanol–water partition coefficient (Wildman–Crippen LogP) is 0.607. The van der Waals surface area contributed by atoms with E-state index in [4.69, 9.17) is 4.74 Å². The van der Waals surface area contributed by atoms with Gasteiger partial charge in [0.1, 0.15) is 0 Å². The Morgan fingerprint density at radius 2 is 1.54 bits per heavy atom. The van der Waals surface area contributed by atoms with Crippen molar-refractivity contribution in [3.05, 3.63) is 0 Å². The molecule has 0 spiro atoms. The summed E-state index contributed by atoms with van der Waals surface area (Å²) in [6, 6.07) is 0.0726. The smallest absolute Gasteiger partial charge is 0.317 e. The van der Waals surface area contributed by atoms with Crippen molar-refractivity contribution in [3.8, 4) is 0 Å². The van der Waals surface area contributed by atoms with Crippen LogP contribution in [-0.4, -0.2) is 91.7 Å². The number of nitrogens with one attached hydrogen (secondary N) is 1. The van der Waals surface area contributed by atoms with E-state index >= 15 is 0 Å². The van der Waals surface area contributed by atoms with E-state index in [0.717, 1.165) is 32.8 Å². The van der Waals surface area contributed by atoms with Gasteiger partial charge in [-0.1, -0.05) is 20.8 Å². The average Bonchev–Trinajstić information content (AvgIpc) is 2.54. The molecule has 2 rings (SSSR count). The van der Waals surface area contributed by atoms with Crippen LogP contribution in [0.1, 0.15) is 27.7 Å². The van der Waals surface area contributed by atoms with Gasteiger partial charge in [0.25, 0.3) is 0 Å². The Hall–Kier alpha value is -1.34. The first kappa shape index (κ1) is 19.0. The van der Waals surface area contributed by atoms with E-state index in [0.29, 0.717) is 26.2 Å². The van der Waals surface area contributed by atoms with Crippen LogP contribution < -0.4 is 5.32 Å². The van der Waals surface area contributed by atoms with E-state index in [1.807, 2.05) is 37.5 Å². The molecule has 0 aromatic carbocycles. The molecule has 1 atom stereocenters. The summed E-state index contributed by atoms with van der Waals surface area (Å²) >= 11 is 0. The monoisotopic (exact) mass is 340 g/mol. The molecule has 2 aliphatic rings. The lowest BCUT2D eigenvalue weighted by molar-refractivity contribution is -0.140. The molecule has 2 saturated heterocycles. The summed E-state index contributed by atoms with van der Waals surface area (Å²) in [5.41, 5.74) is -0.364. The Balaban J connectivity index is 1.73. The number of hydrogen-bond donors (Lipinski definition) is 1. The molecular formula is C17H32N4O3. The summed E-state index contributed by atoms with van der Waals surface area (Å²) in [7, 11) is 0. The number of piperazine rings is 1. The van der Waals surface area contributed by atoms with Crippen molar-refractivity contribution in [2.24, 2.45) is 5.41 Å². The number of carbonyl (C=O) groups is 2. The van der Waals surface area contributed by atoms with Gasteiger partial charge in [-0.05, 0) is 6.92 Å². The Labute approximate surface area is 145 Å². The SMILES string of the molecule is CC(CN1CCOCC1)NC(=O)N1CCN(C(=O)C(C)(C)C)CC1. The molecule has 0 aromatic heterocycles. The molecule has 2 aliphatic heterocycles. The molecule has 1 unspecified atom stereocenters. The first-order valence-electron chi connectivity index (χ1n) is 8.92. The van der Waals surface area contributed by atoms with E-state index in [-0.39, 0.29) is 23.4 Å². The van der Waals surface area contributed by atoms with Crippen molar-refractivity contribution in [2.45, 2.75) is 33.7 Å². The minimum atomic E-state index is -0.364. The van der Waals surface area contributed by atoms with Gasteiger partial charge in [-0.25, -0.2) is 4.79 Å². The van der Waals surface area contributed by atoms with Gasteiger partial charge in [-0.2, -0.15) is 0 Å². The molecule has 3 amide bonds. The van der Waals surface area contributed by atoms with Crippen LogP contribution in [0.25, 0.3) is 0 Å². The number of amides is 3. The van der Waals surface area contributed by atoms with Crippen LogP contribution in [0.15, 0.2) is 0 Å². The first-order valence-corrected chi connectivity index (χ1v) is 8.92. The summed E-state index contributed by atoms with van der Waals surface area (Å²) in [5.74, 6) is 0.156. The van der Waals surface area contributed by atoms with E-state index in [1.165, 1.54) is 0 Å². The molecule has 138 valence electrons. The molecule has 24 heavy (non-hydrogen) atoms. The second kappa shape index (κ2) is 8.16. The summed E-state index contributed by atoms with van der Waals surface area (Å²) in [6.07, 6.45) is 0. The molecule has 1 N–H and O–H groups in total. The van der Waals surface area contributed by atoms with Gasteiger partial charge in [0.2, 0.25) is 5.91 Å². The fourth-order valence-electron chi connectivity index (χ4n) is 3.11. The van der Waals surface area contributed by atoms with E-state index in [1.54, 1.807) is 0 Å². The molecule has 2 fully saturated rings. The van der Waals surface area contributed by atoms with Crippen molar-refractivity contribution in [1.82, 2.24) is 20.0 Å². The molecule has 7 nitrogen and oxygen atoms in total. The number of morpholine rings is 1. The third kappa shape index (κ3) is 5.34. The van der Waals surface area contributed by atoms with Crippen molar-refractivity contribution in [1.29, 1.82) is 0 Å². The Morgan fingerprint density at radius 1 is 1.00 bits per heavy atom. The molecule has 0 bridgehead atoms. The molecule has 0 saturated carbocycles. The van der Waals surface area contributed by atoms with E-state index in [2.05, 4.69) is 10.2 Å². The minimum absolute atomic E-state index is 0.0291. The van der Waals surface area contributed by atoms with E-state index in [9.17, 15) is 9.59 Å². The quantitative estimate of drug-likeness (QED) is 0.817. The molecular weight excluding hydrogens is 308 g/mol. The van der Waals surface area contributed by atoms with Crippen molar-refractivity contribution < 1.29 is 14.3 Å². The first-order chi connectivity index (χ1) is 11.3. The van der Waals surface area contributed by atoms with Crippen molar-refractivity contribution in [2.75, 3.05) is 59.0 Å². The van der Waals surface area contributed by atoms with Crippen LogP contribution in [0.3, 0.4) is 0 Å². The zero-order chi connectivity index (χ0) is 17.7. The molecule has 0 aliphatic carbocycles. The number of hydrogen-bond acceptors (Lipinski definition) is 4. The number of carbonyl (C=O) groups excluding carboxylic acids is 2. The minimum Gasteiger partial charge on any atom is -0.379 e. The van der Waals surface area contributed by atoms with Gasteiger partial charge < -0.3 is 19.9 Å². The Bertz CT molecular complexity index is 436. The molecule has 0 aromatic rings. The third-order valence-electron chi connectivity index (χ3n) is 4.50. The lowest BCUT2D eigenvalue weighted by Gasteiger charge is -2.38. The summed E-state index contributed by atoms with van der Waals surface area (Å²) in [4.78, 5) is 30.7. The second-order valence-electron chi connectivity index (χ2n) is 7.79. The maximum atomic E-state index is 12.4. The zero-order valence-corrected chi connectivity index (χ0v) is 15.5. The average molecular weight is 340 g/mol. The van der Waals surface area contributed by atoms with Crippen LogP contribution in [0, 0.1) is 5.41 Å². The maximum absolute atomic E-state index is 12.4. The van der Waals surface area contributed by atoms with E-state index < -0.39 is 0 Å². The summed E-state index contributed by atoms with van der Waals surface area (Å²) < 4.78 is 5.34. The lowest BCUT2D eigenvalue weighted by atomic mass is 9.94. The summed E-state index contributed by atoms with van der Waals surface area (Å²) in [6.45, 7) is 14.5. The Kier molecular flexibility index (Phi) is 6.46. The van der Waals surface area contributed by atoms with Gasteiger partial charge in [-0.3, -0.25) is 9.69 Å². The molecule has 7 heteroatoms. The highest BCUT2D eigenvalue weighted by Gasteiger charge is 2.31. The van der Waals surface area contributed by atoms with Crippen molar-refractivity contribution in [3.63, 3.8) is 0 Å². The summed E-state index contributed by atoms with van der Waals surface area (Å²) in [5, 5.41) is 3.07. The predicted molar refractivity (Wildman–Crippen MR) is 92.9 cm³/mol. The normalized spacial score (nSPS) is 21.5. The van der Waals surface area contributed by atoms with Crippen LogP contribution in [0.4, 0.5) is 4.79 Å². The van der Waals surface area contributed by atoms with Gasteiger partial charge in [-0.15, -0.1) is 0 Å². The number of rotatable bonds is 3. The number of urea groups is 1. The lowest BCUT2D eigenvalue weighted by Crippen LogP contribution is -2.56. The fourth-order valence-corrected chi connectivity index (χ4v) is 3.11. The molecule has 2 heterocycles. The number of nitrogens with zero attached hydrogens (tertiary/aromatic N) is 3. The fraction of sp³-hybridized carbons (Fsp3) is 0.882. The molecule has 0 radical (unpaired) electrons. The van der Waals surface area contributed by atoms with Crippen LogP contribution in [0.2, 0.25) is 0 Å². The highest BCUT2D eigenvalue weighted by Crippen LogP contribution is 2.18. The van der Waals surface area contributed by atoms with Crippen LogP contribution in [-0.2, 0) is 9.53 Å². The van der Waals surface area contributed by atoms with Gasteiger partial charge >= 0.3 is 6.03 Å². The van der Waals surface area contributed by atoms with Gasteiger partial charge in [0, 0.05) is 57.3 Å². The zero-order valence-electron chi connectivity index (χ0n) is 15.5. The van der Waals surface area contributed by atoms with Gasteiger partial charge in [0.15, 0.2) is 0 Å². The van der Waals surface area contributed by atoms with Crippen molar-refractivity contribution >= 4 is 11.9 Å².